The Kier molecular flexibility index (Phi) is 4.38. The molecule has 5 aromatic rings. The van der Waals surface area contributed by atoms with Crippen LogP contribution >= 0.6 is 11.6 Å². The number of H-pyrrole nitrogens is 1. The molecule has 33 heavy (non-hydrogen) atoms. The minimum absolute atomic E-state index is 0.334. The van der Waals surface area contributed by atoms with Crippen LogP contribution in [-0.4, -0.2) is 33.4 Å². The Balaban J connectivity index is 1.64. The fourth-order valence-corrected chi connectivity index (χ4v) is 4.66. The SMILES string of the molecule is Cn1cncc1-c1c2c(=O)n(C)c(=O)n(CC3CC3)c2nn1Cc1c[nH]c2ccc(Cl)cc12. The third kappa shape index (κ3) is 3.14. The molecule has 1 aromatic carbocycles. The van der Waals surface area contributed by atoms with Crippen LogP contribution in [0.25, 0.3) is 33.3 Å². The third-order valence-corrected chi connectivity index (χ3v) is 6.71. The summed E-state index contributed by atoms with van der Waals surface area (Å²) in [5.74, 6) is 0.449. The smallest absolute Gasteiger partial charge is 0.332 e. The molecule has 0 radical (unpaired) electrons. The number of aromatic nitrogens is 7. The molecule has 1 fully saturated rings. The fraction of sp³-hybridized carbons (Fsp3) is 0.304. The number of hydrogen-bond donors (Lipinski definition) is 1. The van der Waals surface area contributed by atoms with Gasteiger partial charge in [-0.2, -0.15) is 5.10 Å². The van der Waals surface area contributed by atoms with Gasteiger partial charge in [0.1, 0.15) is 11.1 Å². The summed E-state index contributed by atoms with van der Waals surface area (Å²) < 4.78 is 6.49. The summed E-state index contributed by atoms with van der Waals surface area (Å²) in [7, 11) is 3.40. The number of rotatable bonds is 5. The topological polar surface area (TPSA) is 95.4 Å². The summed E-state index contributed by atoms with van der Waals surface area (Å²) >= 11 is 6.25. The monoisotopic (exact) mass is 463 g/mol. The lowest BCUT2D eigenvalue weighted by Gasteiger charge is -2.09. The Morgan fingerprint density at radius 2 is 2.03 bits per heavy atom. The first-order chi connectivity index (χ1) is 15.9. The number of nitrogens with zero attached hydrogens (tertiary/aromatic N) is 6. The summed E-state index contributed by atoms with van der Waals surface area (Å²) in [5, 5.41) is 6.90. The van der Waals surface area contributed by atoms with Gasteiger partial charge in [0, 0.05) is 42.8 Å². The van der Waals surface area contributed by atoms with Crippen molar-refractivity contribution in [3.63, 3.8) is 0 Å². The van der Waals surface area contributed by atoms with Gasteiger partial charge in [-0.1, -0.05) is 11.6 Å². The molecule has 4 aromatic heterocycles. The minimum atomic E-state index is -0.355. The van der Waals surface area contributed by atoms with Crippen molar-refractivity contribution in [2.45, 2.75) is 25.9 Å². The van der Waals surface area contributed by atoms with Crippen LogP contribution in [0.5, 0.6) is 0 Å². The van der Waals surface area contributed by atoms with Crippen molar-refractivity contribution in [3.8, 4) is 11.4 Å². The minimum Gasteiger partial charge on any atom is -0.361 e. The van der Waals surface area contributed by atoms with Crippen LogP contribution in [0.15, 0.2) is 46.5 Å². The predicted molar refractivity (Wildman–Crippen MR) is 127 cm³/mol. The maximum atomic E-state index is 13.3. The zero-order valence-electron chi connectivity index (χ0n) is 18.2. The van der Waals surface area contributed by atoms with E-state index in [2.05, 4.69) is 9.97 Å². The molecule has 0 saturated heterocycles. The van der Waals surface area contributed by atoms with E-state index in [0.29, 0.717) is 40.8 Å². The molecule has 1 aliphatic rings. The van der Waals surface area contributed by atoms with Crippen LogP contribution in [0.4, 0.5) is 0 Å². The maximum absolute atomic E-state index is 13.3. The van der Waals surface area contributed by atoms with Crippen LogP contribution in [0.2, 0.25) is 5.02 Å². The summed E-state index contributed by atoms with van der Waals surface area (Å²) in [4.78, 5) is 33.9. The van der Waals surface area contributed by atoms with Gasteiger partial charge in [-0.25, -0.2) is 9.78 Å². The van der Waals surface area contributed by atoms with Crippen molar-refractivity contribution in [2.24, 2.45) is 20.0 Å². The zero-order valence-corrected chi connectivity index (χ0v) is 19.0. The highest BCUT2D eigenvalue weighted by Gasteiger charge is 2.28. The van der Waals surface area contributed by atoms with Crippen molar-refractivity contribution in [3.05, 3.63) is 68.3 Å². The molecule has 0 spiro atoms. The lowest BCUT2D eigenvalue weighted by molar-refractivity contribution is 0.572. The van der Waals surface area contributed by atoms with Crippen molar-refractivity contribution < 1.29 is 0 Å². The van der Waals surface area contributed by atoms with E-state index in [-0.39, 0.29) is 11.2 Å². The van der Waals surface area contributed by atoms with Gasteiger partial charge in [-0.05, 0) is 42.5 Å². The number of aromatic amines is 1. The average molecular weight is 464 g/mol. The lowest BCUT2D eigenvalue weighted by atomic mass is 10.1. The highest BCUT2D eigenvalue weighted by Crippen LogP contribution is 2.32. The average Bonchev–Trinajstić information content (AvgIpc) is 3.21. The maximum Gasteiger partial charge on any atom is 0.332 e. The highest BCUT2D eigenvalue weighted by molar-refractivity contribution is 6.31. The molecule has 0 amide bonds. The second-order valence-electron chi connectivity index (χ2n) is 8.80. The summed E-state index contributed by atoms with van der Waals surface area (Å²) in [6, 6.07) is 5.69. The zero-order chi connectivity index (χ0) is 22.9. The Labute approximate surface area is 192 Å². The summed E-state index contributed by atoms with van der Waals surface area (Å²) in [6.07, 6.45) is 7.50. The second-order valence-corrected chi connectivity index (χ2v) is 9.24. The van der Waals surface area contributed by atoms with E-state index < -0.39 is 0 Å². The normalized spacial score (nSPS) is 14.0. The van der Waals surface area contributed by atoms with Gasteiger partial charge in [-0.3, -0.25) is 18.6 Å². The van der Waals surface area contributed by atoms with Gasteiger partial charge < -0.3 is 9.55 Å². The van der Waals surface area contributed by atoms with Gasteiger partial charge in [0.2, 0.25) is 0 Å². The van der Waals surface area contributed by atoms with Gasteiger partial charge in [-0.15, -0.1) is 0 Å². The molecular formula is C23H22ClN7O2. The molecule has 0 bridgehead atoms. The lowest BCUT2D eigenvalue weighted by Crippen LogP contribution is -2.38. The number of fused-ring (bicyclic) bond motifs is 2. The number of halogens is 1. The molecule has 0 unspecified atom stereocenters. The molecule has 1 aliphatic carbocycles. The molecule has 1 N–H and O–H groups in total. The first kappa shape index (κ1) is 20.0. The van der Waals surface area contributed by atoms with Gasteiger partial charge >= 0.3 is 5.69 Å². The number of aryl methyl sites for hydroxylation is 1. The van der Waals surface area contributed by atoms with Crippen LogP contribution in [0.3, 0.4) is 0 Å². The molecule has 10 heteroatoms. The van der Waals surface area contributed by atoms with Gasteiger partial charge in [0.15, 0.2) is 5.65 Å². The van der Waals surface area contributed by atoms with E-state index in [1.54, 1.807) is 21.8 Å². The van der Waals surface area contributed by atoms with E-state index >= 15 is 0 Å². The Bertz CT molecular complexity index is 1660. The number of benzene rings is 1. The first-order valence-electron chi connectivity index (χ1n) is 10.8. The fourth-order valence-electron chi connectivity index (χ4n) is 4.49. The second kappa shape index (κ2) is 7.21. The van der Waals surface area contributed by atoms with E-state index in [0.717, 1.165) is 35.0 Å². The van der Waals surface area contributed by atoms with E-state index in [9.17, 15) is 9.59 Å². The number of imidazole rings is 1. The third-order valence-electron chi connectivity index (χ3n) is 6.47. The first-order valence-corrected chi connectivity index (χ1v) is 11.2. The van der Waals surface area contributed by atoms with Crippen LogP contribution in [0, 0.1) is 5.92 Å². The Morgan fingerprint density at radius 3 is 2.76 bits per heavy atom. The Morgan fingerprint density at radius 1 is 1.21 bits per heavy atom. The summed E-state index contributed by atoms with van der Waals surface area (Å²) in [5.41, 5.74) is 3.08. The predicted octanol–water partition coefficient (Wildman–Crippen LogP) is 2.89. The molecule has 1 saturated carbocycles. The molecular weight excluding hydrogens is 442 g/mol. The van der Waals surface area contributed by atoms with E-state index in [4.69, 9.17) is 16.7 Å². The highest BCUT2D eigenvalue weighted by atomic mass is 35.5. The largest absolute Gasteiger partial charge is 0.361 e. The quantitative estimate of drug-likeness (QED) is 0.433. The molecule has 168 valence electrons. The van der Waals surface area contributed by atoms with E-state index in [1.807, 2.05) is 36.0 Å². The van der Waals surface area contributed by atoms with Crippen LogP contribution in [-0.2, 0) is 27.2 Å². The van der Waals surface area contributed by atoms with Crippen molar-refractivity contribution in [1.29, 1.82) is 0 Å². The van der Waals surface area contributed by atoms with Crippen LogP contribution in [0.1, 0.15) is 18.4 Å². The van der Waals surface area contributed by atoms with Gasteiger partial charge in [0.25, 0.3) is 5.56 Å². The molecule has 6 rings (SSSR count). The molecule has 9 nitrogen and oxygen atoms in total. The molecule has 4 heterocycles. The van der Waals surface area contributed by atoms with Gasteiger partial charge in [0.05, 0.1) is 24.8 Å². The van der Waals surface area contributed by atoms with E-state index in [1.165, 1.54) is 11.6 Å². The number of hydrogen-bond acceptors (Lipinski definition) is 4. The van der Waals surface area contributed by atoms with Crippen molar-refractivity contribution in [1.82, 2.24) is 33.4 Å². The van der Waals surface area contributed by atoms with Crippen molar-refractivity contribution in [2.75, 3.05) is 0 Å². The Hall–Kier alpha value is -3.59. The molecule has 0 atom stereocenters. The molecule has 0 aliphatic heterocycles. The van der Waals surface area contributed by atoms with Crippen molar-refractivity contribution >= 4 is 33.5 Å². The van der Waals surface area contributed by atoms with Crippen LogP contribution < -0.4 is 11.2 Å². The standard InChI is InChI=1S/C23H22ClN7O2/c1-28-12-25-9-18(28)20-19-21(30(10-13-3-4-13)23(33)29(2)22(19)32)27-31(20)11-14-8-26-17-6-5-15(24)7-16(14)17/h5-9,12-13,26H,3-4,10-11H2,1-2H3. The number of nitrogens with one attached hydrogen (secondary N) is 1. The summed E-state index contributed by atoms with van der Waals surface area (Å²) in [6.45, 7) is 0.963.